The van der Waals surface area contributed by atoms with Gasteiger partial charge in [0.25, 0.3) is 0 Å². The Morgan fingerprint density at radius 1 is 1.13 bits per heavy atom. The minimum absolute atomic E-state index is 0.0114. The highest BCUT2D eigenvalue weighted by molar-refractivity contribution is 6.17. The van der Waals surface area contributed by atoms with Crippen LogP contribution in [-0.2, 0) is 28.8 Å². The van der Waals surface area contributed by atoms with E-state index >= 15 is 0 Å². The van der Waals surface area contributed by atoms with Crippen LogP contribution in [0.2, 0.25) is 0 Å². The van der Waals surface area contributed by atoms with Crippen LogP contribution in [0.25, 0.3) is 17.0 Å². The van der Waals surface area contributed by atoms with Crippen LogP contribution >= 0.6 is 0 Å². The van der Waals surface area contributed by atoms with E-state index in [0.29, 0.717) is 28.8 Å². The van der Waals surface area contributed by atoms with Crippen LogP contribution in [0, 0.1) is 18.3 Å². The molecule has 8 nitrogen and oxygen atoms in total. The molecule has 1 fully saturated rings. The van der Waals surface area contributed by atoms with Crippen LogP contribution in [0.5, 0.6) is 5.88 Å². The molecule has 1 aromatic carbocycles. The normalized spacial score (nSPS) is 14.3. The van der Waals surface area contributed by atoms with Gasteiger partial charge in [0.1, 0.15) is 12.4 Å². The van der Waals surface area contributed by atoms with Crippen molar-refractivity contribution in [3.05, 3.63) is 64.9 Å². The van der Waals surface area contributed by atoms with Gasteiger partial charge >= 0.3 is 6.18 Å². The molecule has 0 atom stereocenters. The molecular formula is C27H30F3N5O3. The molecule has 3 aromatic rings. The van der Waals surface area contributed by atoms with Gasteiger partial charge in [0.15, 0.2) is 11.5 Å². The lowest BCUT2D eigenvalue weighted by Crippen LogP contribution is -2.11. The van der Waals surface area contributed by atoms with Crippen molar-refractivity contribution in [2.24, 2.45) is 5.92 Å². The first-order valence-electron chi connectivity index (χ1n) is 12.2. The van der Waals surface area contributed by atoms with E-state index in [1.165, 1.54) is 18.8 Å². The molecule has 0 aliphatic heterocycles. The van der Waals surface area contributed by atoms with Crippen molar-refractivity contribution in [3.63, 3.8) is 0 Å². The Hall–Kier alpha value is -3.73. The molecule has 1 saturated carbocycles. The van der Waals surface area contributed by atoms with E-state index in [2.05, 4.69) is 15.0 Å². The van der Waals surface area contributed by atoms with Crippen molar-refractivity contribution in [2.75, 3.05) is 20.8 Å². The van der Waals surface area contributed by atoms with Crippen LogP contribution in [0.4, 0.5) is 13.2 Å². The molecule has 0 amide bonds. The summed E-state index contributed by atoms with van der Waals surface area (Å²) in [6.07, 6.45) is 0.256. The van der Waals surface area contributed by atoms with Crippen LogP contribution in [0.15, 0.2) is 42.2 Å². The first kappa shape index (κ1) is 27.3. The maximum Gasteiger partial charge on any atom is 0.434 e. The Labute approximate surface area is 219 Å². The van der Waals surface area contributed by atoms with Gasteiger partial charge in [0.2, 0.25) is 11.8 Å². The molecule has 0 saturated heterocycles. The van der Waals surface area contributed by atoms with E-state index in [4.69, 9.17) is 19.6 Å². The lowest BCUT2D eigenvalue weighted by atomic mass is 10.0. The maximum absolute atomic E-state index is 13.3. The van der Waals surface area contributed by atoms with Crippen molar-refractivity contribution in [1.82, 2.24) is 19.5 Å². The number of aromatic nitrogens is 4. The molecule has 4 rings (SSSR count). The van der Waals surface area contributed by atoms with Crippen LogP contribution in [0.3, 0.4) is 0 Å². The van der Waals surface area contributed by atoms with Gasteiger partial charge < -0.3 is 18.8 Å². The van der Waals surface area contributed by atoms with Gasteiger partial charge in [0.05, 0.1) is 19.3 Å². The summed E-state index contributed by atoms with van der Waals surface area (Å²) in [7, 11) is 2.94. The minimum atomic E-state index is -4.54. The molecular weight excluding hydrogens is 499 g/mol. The van der Waals surface area contributed by atoms with Gasteiger partial charge in [-0.25, -0.2) is 9.97 Å². The summed E-state index contributed by atoms with van der Waals surface area (Å²) >= 11 is 0. The zero-order chi connectivity index (χ0) is 27.4. The summed E-state index contributed by atoms with van der Waals surface area (Å²) in [6, 6.07) is 6.97. The predicted molar refractivity (Wildman–Crippen MR) is 136 cm³/mol. The van der Waals surface area contributed by atoms with Gasteiger partial charge in [0, 0.05) is 37.2 Å². The van der Waals surface area contributed by atoms with E-state index in [-0.39, 0.29) is 31.5 Å². The topological polar surface area (TPSA) is 95.1 Å². The Kier molecular flexibility index (Phi) is 8.15. The van der Waals surface area contributed by atoms with Gasteiger partial charge in [-0.15, -0.1) is 0 Å². The number of hydrogen-bond acceptors (Lipinski definition) is 7. The van der Waals surface area contributed by atoms with Crippen LogP contribution in [-0.4, -0.2) is 46.2 Å². The number of benzene rings is 1. The summed E-state index contributed by atoms with van der Waals surface area (Å²) in [5.41, 5.74) is 2.74. The number of hydrogen-bond donors (Lipinski definition) is 1. The lowest BCUT2D eigenvalue weighted by molar-refractivity contribution is -0.140. The molecule has 38 heavy (non-hydrogen) atoms. The van der Waals surface area contributed by atoms with E-state index < -0.39 is 11.9 Å². The van der Waals surface area contributed by atoms with Crippen molar-refractivity contribution < 1.29 is 27.4 Å². The highest BCUT2D eigenvalue weighted by Crippen LogP contribution is 2.40. The van der Waals surface area contributed by atoms with E-state index in [1.807, 2.05) is 13.8 Å². The third-order valence-corrected chi connectivity index (χ3v) is 6.36. The van der Waals surface area contributed by atoms with Crippen molar-refractivity contribution in [2.45, 2.75) is 46.0 Å². The second-order valence-corrected chi connectivity index (χ2v) is 9.17. The molecule has 2 aromatic heterocycles. The van der Waals surface area contributed by atoms with Gasteiger partial charge in [-0.05, 0) is 38.2 Å². The molecule has 2 heterocycles. The summed E-state index contributed by atoms with van der Waals surface area (Å²) in [6.45, 7) is 4.50. The average Bonchev–Trinajstić information content (AvgIpc) is 3.66. The monoisotopic (exact) mass is 529 g/mol. The van der Waals surface area contributed by atoms with E-state index in [9.17, 15) is 13.2 Å². The van der Waals surface area contributed by atoms with E-state index in [1.54, 1.807) is 30.5 Å². The molecule has 1 aliphatic rings. The van der Waals surface area contributed by atoms with Crippen LogP contribution in [0.1, 0.15) is 42.4 Å². The summed E-state index contributed by atoms with van der Waals surface area (Å²) in [5, 5.41) is 8.25. The van der Waals surface area contributed by atoms with Crippen molar-refractivity contribution in [1.29, 1.82) is 5.41 Å². The summed E-state index contributed by atoms with van der Waals surface area (Å²) in [4.78, 5) is 12.8. The highest BCUT2D eigenvalue weighted by atomic mass is 19.4. The first-order chi connectivity index (χ1) is 18.1. The zero-order valence-electron chi connectivity index (χ0n) is 21.7. The Bertz CT molecular complexity index is 1330. The number of nitrogens with one attached hydrogen (secondary N) is 1. The first-order valence-corrected chi connectivity index (χ1v) is 12.2. The number of methoxy groups -OCH3 is 2. The molecule has 202 valence electrons. The highest BCUT2D eigenvalue weighted by Gasteiger charge is 2.35. The van der Waals surface area contributed by atoms with Crippen LogP contribution < -0.4 is 4.74 Å². The fourth-order valence-corrected chi connectivity index (χ4v) is 4.02. The van der Waals surface area contributed by atoms with Gasteiger partial charge in [-0.3, -0.25) is 5.41 Å². The Balaban J connectivity index is 1.53. The number of allylic oxidation sites excluding steroid dienone is 1. The fourth-order valence-electron chi connectivity index (χ4n) is 4.02. The molecule has 1 N–H and O–H groups in total. The van der Waals surface area contributed by atoms with Gasteiger partial charge in [-0.1, -0.05) is 29.8 Å². The Morgan fingerprint density at radius 3 is 2.45 bits per heavy atom. The lowest BCUT2D eigenvalue weighted by Gasteiger charge is -2.14. The Morgan fingerprint density at radius 2 is 1.84 bits per heavy atom. The molecule has 0 unspecified atom stereocenters. The minimum Gasteiger partial charge on any atom is -0.481 e. The smallest absolute Gasteiger partial charge is 0.434 e. The second kappa shape index (κ2) is 11.3. The standard InChI is InChI=1S/C27H30F3N5O3/c1-16-13-32-24(22(23(31)37-4)17(2)19-9-10-19)34-26(16)38-15-18-5-7-20(8-6-18)25-33-21(27(28,29)30)14-35(25)11-12-36-3/h5-8,13-14,19,31H,9-12,15H2,1-4H3/b22-17-,31-23?. The predicted octanol–water partition coefficient (Wildman–Crippen LogP) is 5.70. The molecule has 1 aliphatic carbocycles. The zero-order valence-corrected chi connectivity index (χ0v) is 21.7. The quantitative estimate of drug-likeness (QED) is 0.267. The largest absolute Gasteiger partial charge is 0.481 e. The average molecular weight is 530 g/mol. The molecule has 0 bridgehead atoms. The number of halogens is 3. The maximum atomic E-state index is 13.3. The van der Waals surface area contributed by atoms with Crippen molar-refractivity contribution >= 4 is 11.5 Å². The van der Waals surface area contributed by atoms with Gasteiger partial charge in [-0.2, -0.15) is 18.2 Å². The third-order valence-electron chi connectivity index (χ3n) is 6.36. The van der Waals surface area contributed by atoms with E-state index in [0.717, 1.165) is 35.7 Å². The fraction of sp³-hybridized carbons (Fsp3) is 0.407. The number of imidazole rings is 1. The molecule has 0 spiro atoms. The number of rotatable bonds is 10. The SMILES string of the molecule is COCCn1cc(C(F)(F)F)nc1-c1ccc(COc2nc(/C(C(=N)OC)=C(/C)C3CC3)ncc2C)cc1. The number of ether oxygens (including phenoxy) is 3. The number of aryl methyl sites for hydroxylation is 1. The third kappa shape index (κ3) is 6.21. The summed E-state index contributed by atoms with van der Waals surface area (Å²) < 4.78 is 57.4. The molecule has 11 heteroatoms. The molecule has 0 radical (unpaired) electrons. The number of alkyl halides is 3. The summed E-state index contributed by atoms with van der Waals surface area (Å²) in [5.74, 6) is 1.39. The number of nitrogens with zero attached hydrogens (tertiary/aromatic N) is 4. The van der Waals surface area contributed by atoms with Crippen molar-refractivity contribution in [3.8, 4) is 17.3 Å². The second-order valence-electron chi connectivity index (χ2n) is 9.17.